The minimum absolute atomic E-state index is 0.0391. The first-order valence-electron chi connectivity index (χ1n) is 7.82. The summed E-state index contributed by atoms with van der Waals surface area (Å²) in [5, 5.41) is 14.2. The number of hydrogen-bond acceptors (Lipinski definition) is 4. The van der Waals surface area contributed by atoms with Crippen LogP contribution in [0.25, 0.3) is 10.8 Å². The van der Waals surface area contributed by atoms with Crippen molar-refractivity contribution in [3.8, 4) is 5.75 Å². The van der Waals surface area contributed by atoms with Crippen LogP contribution in [0.5, 0.6) is 5.75 Å². The summed E-state index contributed by atoms with van der Waals surface area (Å²) in [5.74, 6) is -1.14. The van der Waals surface area contributed by atoms with E-state index in [0.717, 1.165) is 10.8 Å². The summed E-state index contributed by atoms with van der Waals surface area (Å²) in [4.78, 5) is 24.3. The standard InChI is InChI=1S/C20H17NO4/c1-13(25-20(24)16-7-4-8-18(22)12-16)19(23)21-17-10-9-14-5-2-3-6-15(14)11-17/h2-13,22H,1H3,(H,21,23)/t13-/m1/s1. The summed E-state index contributed by atoms with van der Waals surface area (Å²) >= 11 is 0. The molecule has 5 heteroatoms. The molecule has 5 nitrogen and oxygen atoms in total. The van der Waals surface area contributed by atoms with Gasteiger partial charge in [0, 0.05) is 5.69 Å². The SMILES string of the molecule is C[C@@H](OC(=O)c1cccc(O)c1)C(=O)Nc1ccc2ccccc2c1. The summed E-state index contributed by atoms with van der Waals surface area (Å²) in [6.45, 7) is 1.50. The Labute approximate surface area is 144 Å². The van der Waals surface area contributed by atoms with E-state index in [2.05, 4.69) is 5.32 Å². The second kappa shape index (κ2) is 7.05. The quantitative estimate of drug-likeness (QED) is 0.712. The number of carbonyl (C=O) groups is 2. The van der Waals surface area contributed by atoms with Crippen LogP contribution >= 0.6 is 0 Å². The molecule has 1 amide bonds. The number of rotatable bonds is 4. The third-order valence-electron chi connectivity index (χ3n) is 3.75. The van der Waals surface area contributed by atoms with Crippen LogP contribution in [0.4, 0.5) is 5.69 Å². The lowest BCUT2D eigenvalue weighted by molar-refractivity contribution is -0.123. The molecular formula is C20H17NO4. The number of esters is 1. The molecule has 0 heterocycles. The fourth-order valence-electron chi connectivity index (χ4n) is 2.43. The maximum Gasteiger partial charge on any atom is 0.339 e. The van der Waals surface area contributed by atoms with Gasteiger partial charge in [0.1, 0.15) is 5.75 Å². The van der Waals surface area contributed by atoms with E-state index in [0.29, 0.717) is 5.69 Å². The van der Waals surface area contributed by atoms with E-state index >= 15 is 0 Å². The molecule has 25 heavy (non-hydrogen) atoms. The molecule has 0 bridgehead atoms. The van der Waals surface area contributed by atoms with Crippen LogP contribution in [0, 0.1) is 0 Å². The minimum Gasteiger partial charge on any atom is -0.508 e. The van der Waals surface area contributed by atoms with Gasteiger partial charge in [-0.2, -0.15) is 0 Å². The monoisotopic (exact) mass is 335 g/mol. The molecule has 0 fully saturated rings. The normalized spacial score (nSPS) is 11.7. The molecule has 0 radical (unpaired) electrons. The fraction of sp³-hybridized carbons (Fsp3) is 0.100. The number of carbonyl (C=O) groups excluding carboxylic acids is 2. The summed E-state index contributed by atoms with van der Waals surface area (Å²) < 4.78 is 5.15. The van der Waals surface area contributed by atoms with Crippen LogP contribution in [0.15, 0.2) is 66.7 Å². The van der Waals surface area contributed by atoms with Gasteiger partial charge in [0.25, 0.3) is 5.91 Å². The molecule has 0 aliphatic heterocycles. The third kappa shape index (κ3) is 3.95. The molecule has 1 atom stereocenters. The van der Waals surface area contributed by atoms with E-state index < -0.39 is 18.0 Å². The number of phenols is 1. The zero-order chi connectivity index (χ0) is 17.8. The van der Waals surface area contributed by atoms with E-state index in [4.69, 9.17) is 4.74 Å². The summed E-state index contributed by atoms with van der Waals surface area (Å²) in [7, 11) is 0. The number of hydrogen-bond donors (Lipinski definition) is 2. The highest BCUT2D eigenvalue weighted by Gasteiger charge is 2.19. The van der Waals surface area contributed by atoms with Gasteiger partial charge in [-0.25, -0.2) is 4.79 Å². The Hall–Kier alpha value is -3.34. The predicted molar refractivity (Wildman–Crippen MR) is 95.6 cm³/mol. The number of amides is 1. The van der Waals surface area contributed by atoms with Crippen LogP contribution in [-0.4, -0.2) is 23.1 Å². The van der Waals surface area contributed by atoms with Crippen molar-refractivity contribution in [3.05, 3.63) is 72.3 Å². The van der Waals surface area contributed by atoms with Crippen molar-refractivity contribution in [2.75, 3.05) is 5.32 Å². The van der Waals surface area contributed by atoms with E-state index in [1.165, 1.54) is 31.2 Å². The average molecular weight is 335 g/mol. The van der Waals surface area contributed by atoms with Gasteiger partial charge in [-0.3, -0.25) is 4.79 Å². The highest BCUT2D eigenvalue weighted by atomic mass is 16.5. The van der Waals surface area contributed by atoms with Crippen molar-refractivity contribution in [3.63, 3.8) is 0 Å². The molecular weight excluding hydrogens is 318 g/mol. The zero-order valence-electron chi connectivity index (χ0n) is 13.6. The Bertz CT molecular complexity index is 936. The smallest absolute Gasteiger partial charge is 0.339 e. The molecule has 0 aliphatic rings. The van der Waals surface area contributed by atoms with Gasteiger partial charge in [0.05, 0.1) is 5.56 Å². The van der Waals surface area contributed by atoms with E-state index in [1.54, 1.807) is 6.07 Å². The van der Waals surface area contributed by atoms with Crippen LogP contribution in [0.2, 0.25) is 0 Å². The van der Waals surface area contributed by atoms with E-state index in [9.17, 15) is 14.7 Å². The maximum atomic E-state index is 12.2. The van der Waals surface area contributed by atoms with Crippen LogP contribution in [0.1, 0.15) is 17.3 Å². The van der Waals surface area contributed by atoms with Gasteiger partial charge in [0.2, 0.25) is 0 Å². The van der Waals surface area contributed by atoms with Crippen molar-refractivity contribution >= 4 is 28.3 Å². The van der Waals surface area contributed by atoms with Crippen molar-refractivity contribution in [1.82, 2.24) is 0 Å². The minimum atomic E-state index is -0.971. The third-order valence-corrected chi connectivity index (χ3v) is 3.75. The molecule has 0 spiro atoms. The Morgan fingerprint density at radius 3 is 2.48 bits per heavy atom. The highest BCUT2D eigenvalue weighted by molar-refractivity contribution is 5.99. The fourth-order valence-corrected chi connectivity index (χ4v) is 2.43. The Balaban J connectivity index is 1.66. The highest BCUT2D eigenvalue weighted by Crippen LogP contribution is 2.19. The Kier molecular flexibility index (Phi) is 4.66. The summed E-state index contributed by atoms with van der Waals surface area (Å²) in [6, 6.07) is 19.2. The lowest BCUT2D eigenvalue weighted by atomic mass is 10.1. The Morgan fingerprint density at radius 1 is 0.960 bits per heavy atom. The summed E-state index contributed by atoms with van der Waals surface area (Å²) in [5.41, 5.74) is 0.814. The van der Waals surface area contributed by atoms with Gasteiger partial charge in [0.15, 0.2) is 6.10 Å². The summed E-state index contributed by atoms with van der Waals surface area (Å²) in [6.07, 6.45) is -0.971. The number of benzene rings is 3. The van der Waals surface area contributed by atoms with Crippen LogP contribution < -0.4 is 5.32 Å². The number of anilines is 1. The Morgan fingerprint density at radius 2 is 1.72 bits per heavy atom. The largest absolute Gasteiger partial charge is 0.508 e. The number of phenolic OH excluding ortho intramolecular Hbond substituents is 1. The van der Waals surface area contributed by atoms with Gasteiger partial charge >= 0.3 is 5.97 Å². The first kappa shape index (κ1) is 16.5. The van der Waals surface area contributed by atoms with Gasteiger partial charge in [-0.15, -0.1) is 0 Å². The second-order valence-corrected chi connectivity index (χ2v) is 5.65. The van der Waals surface area contributed by atoms with Crippen LogP contribution in [0.3, 0.4) is 0 Å². The van der Waals surface area contributed by atoms with Crippen molar-refractivity contribution < 1.29 is 19.4 Å². The number of fused-ring (bicyclic) bond motifs is 1. The molecule has 3 rings (SSSR count). The second-order valence-electron chi connectivity index (χ2n) is 5.65. The molecule has 0 saturated carbocycles. The number of ether oxygens (including phenoxy) is 1. The first-order valence-corrected chi connectivity index (χ1v) is 7.82. The number of aromatic hydroxyl groups is 1. The van der Waals surface area contributed by atoms with Gasteiger partial charge in [-0.1, -0.05) is 36.4 Å². The van der Waals surface area contributed by atoms with E-state index in [-0.39, 0.29) is 11.3 Å². The van der Waals surface area contributed by atoms with Crippen LogP contribution in [-0.2, 0) is 9.53 Å². The zero-order valence-corrected chi connectivity index (χ0v) is 13.6. The van der Waals surface area contributed by atoms with Crippen molar-refractivity contribution in [2.45, 2.75) is 13.0 Å². The average Bonchev–Trinajstić information content (AvgIpc) is 2.61. The topological polar surface area (TPSA) is 75.6 Å². The lowest BCUT2D eigenvalue weighted by Gasteiger charge is -2.14. The van der Waals surface area contributed by atoms with Gasteiger partial charge in [-0.05, 0) is 48.0 Å². The molecule has 2 N–H and O–H groups in total. The first-order chi connectivity index (χ1) is 12.0. The molecule has 0 aliphatic carbocycles. The predicted octanol–water partition coefficient (Wildman–Crippen LogP) is 3.73. The van der Waals surface area contributed by atoms with Crippen molar-refractivity contribution in [2.24, 2.45) is 0 Å². The van der Waals surface area contributed by atoms with E-state index in [1.807, 2.05) is 36.4 Å². The lowest BCUT2D eigenvalue weighted by Crippen LogP contribution is -2.30. The van der Waals surface area contributed by atoms with Gasteiger partial charge < -0.3 is 15.2 Å². The van der Waals surface area contributed by atoms with Crippen molar-refractivity contribution in [1.29, 1.82) is 0 Å². The molecule has 0 aromatic heterocycles. The molecule has 0 saturated heterocycles. The molecule has 3 aromatic rings. The molecule has 126 valence electrons. The molecule has 0 unspecified atom stereocenters. The number of nitrogens with one attached hydrogen (secondary N) is 1. The maximum absolute atomic E-state index is 12.2. The molecule has 3 aromatic carbocycles.